The number of ether oxygens (including phenoxy) is 3. The Morgan fingerprint density at radius 3 is 2.76 bits per heavy atom. The molecule has 29 heavy (non-hydrogen) atoms. The van der Waals surface area contributed by atoms with Crippen LogP contribution in [0.3, 0.4) is 0 Å². The zero-order valence-electron chi connectivity index (χ0n) is 16.6. The molecule has 0 radical (unpaired) electrons. The molecule has 1 atom stereocenters. The van der Waals surface area contributed by atoms with Crippen LogP contribution in [0.4, 0.5) is 5.13 Å². The molecule has 0 spiro atoms. The molecule has 1 aromatic heterocycles. The lowest BCUT2D eigenvalue weighted by Crippen LogP contribution is -2.38. The average molecular weight is 413 g/mol. The van der Waals surface area contributed by atoms with Crippen molar-refractivity contribution in [2.24, 2.45) is 0 Å². The summed E-state index contributed by atoms with van der Waals surface area (Å²) in [5, 5.41) is 0.715. The monoisotopic (exact) mass is 412 g/mol. The lowest BCUT2D eigenvalue weighted by atomic mass is 10.1. The molecule has 7 heteroatoms. The first-order chi connectivity index (χ1) is 14.2. The van der Waals surface area contributed by atoms with Gasteiger partial charge in [-0.25, -0.2) is 4.98 Å². The van der Waals surface area contributed by atoms with E-state index in [0.29, 0.717) is 23.2 Å². The molecule has 1 aliphatic heterocycles. The standard InChI is InChI=1S/C22H24N2O4S/c1-26-18-10-9-15(12-19(18)27-2)13-21(25)24(14-16-6-5-11-28-16)22-23-17-7-3-4-8-20(17)29-22/h3-4,7-10,12,16H,5-6,11,13-14H2,1-2H3. The fourth-order valence-electron chi connectivity index (χ4n) is 3.51. The number of para-hydroxylation sites is 1. The summed E-state index contributed by atoms with van der Waals surface area (Å²) in [5.41, 5.74) is 1.77. The number of anilines is 1. The van der Waals surface area contributed by atoms with Crippen LogP contribution < -0.4 is 14.4 Å². The summed E-state index contributed by atoms with van der Waals surface area (Å²) in [6, 6.07) is 13.5. The quantitative estimate of drug-likeness (QED) is 0.585. The molecule has 1 aliphatic rings. The Bertz CT molecular complexity index is 964. The second-order valence-corrected chi connectivity index (χ2v) is 7.98. The van der Waals surface area contributed by atoms with Crippen LogP contribution in [0.2, 0.25) is 0 Å². The first-order valence-corrected chi connectivity index (χ1v) is 10.5. The Kier molecular flexibility index (Phi) is 5.97. The van der Waals surface area contributed by atoms with E-state index in [1.807, 2.05) is 42.5 Å². The number of hydrogen-bond donors (Lipinski definition) is 0. The number of methoxy groups -OCH3 is 2. The highest BCUT2D eigenvalue weighted by molar-refractivity contribution is 7.22. The van der Waals surface area contributed by atoms with Crippen molar-refractivity contribution in [3.8, 4) is 11.5 Å². The number of carbonyl (C=O) groups excluding carboxylic acids is 1. The first kappa shape index (κ1) is 19.7. The van der Waals surface area contributed by atoms with Gasteiger partial charge in [0.15, 0.2) is 16.6 Å². The van der Waals surface area contributed by atoms with Gasteiger partial charge in [-0.05, 0) is 42.7 Å². The van der Waals surface area contributed by atoms with E-state index in [1.54, 1.807) is 19.1 Å². The van der Waals surface area contributed by atoms with Crippen molar-refractivity contribution < 1.29 is 19.0 Å². The van der Waals surface area contributed by atoms with Gasteiger partial charge < -0.3 is 14.2 Å². The predicted octanol–water partition coefficient (Wildman–Crippen LogP) is 4.07. The van der Waals surface area contributed by atoms with Crippen LogP contribution in [-0.4, -0.2) is 44.4 Å². The molecule has 0 bridgehead atoms. The number of carbonyl (C=O) groups is 1. The Hall–Kier alpha value is -2.64. The molecule has 6 nitrogen and oxygen atoms in total. The molecule has 0 aliphatic carbocycles. The van der Waals surface area contributed by atoms with Crippen molar-refractivity contribution in [2.45, 2.75) is 25.4 Å². The molecule has 3 aromatic rings. The molecule has 2 heterocycles. The van der Waals surface area contributed by atoms with Crippen molar-refractivity contribution in [3.63, 3.8) is 0 Å². The van der Waals surface area contributed by atoms with Crippen molar-refractivity contribution in [3.05, 3.63) is 48.0 Å². The van der Waals surface area contributed by atoms with E-state index in [0.717, 1.165) is 35.2 Å². The molecule has 4 rings (SSSR count). The van der Waals surface area contributed by atoms with Crippen LogP contribution >= 0.6 is 11.3 Å². The normalized spacial score (nSPS) is 16.1. The van der Waals surface area contributed by atoms with Gasteiger partial charge >= 0.3 is 0 Å². The summed E-state index contributed by atoms with van der Waals surface area (Å²) < 4.78 is 17.5. The van der Waals surface area contributed by atoms with E-state index in [1.165, 1.54) is 11.3 Å². The fourth-order valence-corrected chi connectivity index (χ4v) is 4.51. The lowest BCUT2D eigenvalue weighted by molar-refractivity contribution is -0.118. The van der Waals surface area contributed by atoms with Gasteiger partial charge in [0.05, 0.1) is 43.5 Å². The third-order valence-corrected chi connectivity index (χ3v) is 6.09. The summed E-state index contributed by atoms with van der Waals surface area (Å²) >= 11 is 1.54. The predicted molar refractivity (Wildman–Crippen MR) is 114 cm³/mol. The van der Waals surface area contributed by atoms with Crippen molar-refractivity contribution in [2.75, 3.05) is 32.3 Å². The number of rotatable bonds is 7. The van der Waals surface area contributed by atoms with Gasteiger partial charge in [-0.15, -0.1) is 0 Å². The molecule has 1 saturated heterocycles. The molecule has 0 N–H and O–H groups in total. The molecule has 1 unspecified atom stereocenters. The third-order valence-electron chi connectivity index (χ3n) is 5.03. The number of nitrogens with zero attached hydrogens (tertiary/aromatic N) is 2. The largest absolute Gasteiger partial charge is 0.493 e. The van der Waals surface area contributed by atoms with Crippen LogP contribution in [0, 0.1) is 0 Å². The molecule has 1 amide bonds. The zero-order valence-corrected chi connectivity index (χ0v) is 17.4. The van der Waals surface area contributed by atoms with E-state index < -0.39 is 0 Å². The molecular weight excluding hydrogens is 388 g/mol. The Morgan fingerprint density at radius 2 is 2.03 bits per heavy atom. The number of fused-ring (bicyclic) bond motifs is 1. The Balaban J connectivity index is 1.60. The van der Waals surface area contributed by atoms with Gasteiger partial charge in [0.2, 0.25) is 5.91 Å². The maximum absolute atomic E-state index is 13.3. The van der Waals surface area contributed by atoms with Gasteiger partial charge in [-0.2, -0.15) is 0 Å². The maximum Gasteiger partial charge on any atom is 0.233 e. The van der Waals surface area contributed by atoms with Crippen molar-refractivity contribution in [1.82, 2.24) is 4.98 Å². The molecule has 152 valence electrons. The van der Waals surface area contributed by atoms with E-state index >= 15 is 0 Å². The first-order valence-electron chi connectivity index (χ1n) is 9.66. The summed E-state index contributed by atoms with van der Waals surface area (Å²) in [7, 11) is 3.19. The van der Waals surface area contributed by atoms with E-state index in [9.17, 15) is 4.79 Å². The van der Waals surface area contributed by atoms with Crippen LogP contribution in [-0.2, 0) is 16.0 Å². The number of benzene rings is 2. The molecule has 2 aromatic carbocycles. The zero-order chi connectivity index (χ0) is 20.2. The Labute approximate surface area is 174 Å². The smallest absolute Gasteiger partial charge is 0.233 e. The van der Waals surface area contributed by atoms with E-state index in [-0.39, 0.29) is 18.4 Å². The minimum absolute atomic E-state index is 0.00761. The van der Waals surface area contributed by atoms with Crippen molar-refractivity contribution >= 4 is 32.6 Å². The highest BCUT2D eigenvalue weighted by Gasteiger charge is 2.26. The number of hydrogen-bond acceptors (Lipinski definition) is 6. The minimum Gasteiger partial charge on any atom is -0.493 e. The van der Waals surface area contributed by atoms with Crippen LogP contribution in [0.1, 0.15) is 18.4 Å². The van der Waals surface area contributed by atoms with Crippen molar-refractivity contribution in [1.29, 1.82) is 0 Å². The number of thiazole rings is 1. The second kappa shape index (κ2) is 8.80. The topological polar surface area (TPSA) is 60.9 Å². The van der Waals surface area contributed by atoms with Gasteiger partial charge in [-0.1, -0.05) is 29.5 Å². The highest BCUT2D eigenvalue weighted by atomic mass is 32.1. The maximum atomic E-state index is 13.3. The SMILES string of the molecule is COc1ccc(CC(=O)N(CC2CCCO2)c2nc3ccccc3s2)cc1OC. The van der Waals surface area contributed by atoms with Gasteiger partial charge in [0.25, 0.3) is 0 Å². The average Bonchev–Trinajstić information content (AvgIpc) is 3.41. The van der Waals surface area contributed by atoms with E-state index in [2.05, 4.69) is 0 Å². The molecule has 0 saturated carbocycles. The lowest BCUT2D eigenvalue weighted by Gasteiger charge is -2.23. The van der Waals surface area contributed by atoms with E-state index in [4.69, 9.17) is 19.2 Å². The van der Waals surface area contributed by atoms with Gasteiger partial charge in [0.1, 0.15) is 0 Å². The minimum atomic E-state index is -0.00761. The third kappa shape index (κ3) is 4.36. The highest BCUT2D eigenvalue weighted by Crippen LogP contribution is 2.31. The van der Waals surface area contributed by atoms with Gasteiger partial charge in [0, 0.05) is 6.61 Å². The van der Waals surface area contributed by atoms with Crippen LogP contribution in [0.5, 0.6) is 11.5 Å². The Morgan fingerprint density at radius 1 is 1.21 bits per heavy atom. The second-order valence-electron chi connectivity index (χ2n) is 6.97. The summed E-state index contributed by atoms with van der Waals surface area (Å²) in [4.78, 5) is 19.8. The fraction of sp³-hybridized carbons (Fsp3) is 0.364. The summed E-state index contributed by atoms with van der Waals surface area (Å²) in [6.07, 6.45) is 2.30. The molecule has 1 fully saturated rings. The summed E-state index contributed by atoms with van der Waals surface area (Å²) in [6.45, 7) is 1.27. The number of amides is 1. The van der Waals surface area contributed by atoms with Gasteiger partial charge in [-0.3, -0.25) is 9.69 Å². The van der Waals surface area contributed by atoms with Crippen LogP contribution in [0.15, 0.2) is 42.5 Å². The van der Waals surface area contributed by atoms with Crippen LogP contribution in [0.25, 0.3) is 10.2 Å². The number of aromatic nitrogens is 1. The molecular formula is C22H24N2O4S. The summed E-state index contributed by atoms with van der Waals surface area (Å²) in [5.74, 6) is 1.25.